The van der Waals surface area contributed by atoms with Gasteiger partial charge in [-0.25, -0.2) is 18.6 Å². The maximum Gasteiger partial charge on any atom is 0.322 e. The summed E-state index contributed by atoms with van der Waals surface area (Å²) in [4.78, 5) is 33.6. The van der Waals surface area contributed by atoms with Crippen molar-refractivity contribution in [3.63, 3.8) is 0 Å². The van der Waals surface area contributed by atoms with Crippen molar-refractivity contribution >= 4 is 22.6 Å². The lowest BCUT2D eigenvalue weighted by Crippen LogP contribution is -2.42. The van der Waals surface area contributed by atoms with E-state index in [0.29, 0.717) is 35.0 Å². The van der Waals surface area contributed by atoms with Crippen molar-refractivity contribution < 1.29 is 13.6 Å². The molecule has 1 heterocycles. The van der Waals surface area contributed by atoms with E-state index in [9.17, 15) is 18.4 Å². The van der Waals surface area contributed by atoms with Gasteiger partial charge >= 0.3 is 6.03 Å². The zero-order valence-corrected chi connectivity index (χ0v) is 21.5. The number of carbonyl (C=O) groups is 1. The van der Waals surface area contributed by atoms with Crippen LogP contribution < -0.4 is 10.9 Å². The van der Waals surface area contributed by atoms with Crippen molar-refractivity contribution in [1.82, 2.24) is 14.5 Å². The average Bonchev–Trinajstić information content (AvgIpc) is 2.84. The van der Waals surface area contributed by atoms with Crippen LogP contribution in [0.15, 0.2) is 65.5 Å². The number of para-hydroxylation sites is 1. The molecule has 0 saturated heterocycles. The smallest absolute Gasteiger partial charge is 0.314 e. The Labute approximate surface area is 214 Å². The Hall–Kier alpha value is -4.07. The van der Waals surface area contributed by atoms with E-state index in [1.807, 2.05) is 45.9 Å². The summed E-state index contributed by atoms with van der Waals surface area (Å²) in [6, 6.07) is 14.6. The predicted octanol–water partition coefficient (Wildman–Crippen LogP) is 6.53. The van der Waals surface area contributed by atoms with Gasteiger partial charge in [-0.1, -0.05) is 43.7 Å². The van der Waals surface area contributed by atoms with Crippen molar-refractivity contribution in [3.8, 4) is 5.69 Å². The number of fused-ring (bicyclic) bond motifs is 1. The second-order valence-corrected chi connectivity index (χ2v) is 9.69. The Balaban J connectivity index is 1.87. The van der Waals surface area contributed by atoms with E-state index in [2.05, 4.69) is 5.32 Å². The molecule has 1 unspecified atom stereocenters. The maximum absolute atomic E-state index is 14.3. The highest BCUT2D eigenvalue weighted by molar-refractivity contribution is 5.89. The fourth-order valence-electron chi connectivity index (χ4n) is 4.45. The van der Waals surface area contributed by atoms with Crippen molar-refractivity contribution in [1.29, 1.82) is 0 Å². The minimum Gasteiger partial charge on any atom is -0.314 e. The Morgan fingerprint density at radius 1 is 1.03 bits per heavy atom. The summed E-state index contributed by atoms with van der Waals surface area (Å²) in [6.45, 7) is 9.91. The van der Waals surface area contributed by atoms with Gasteiger partial charge in [-0.3, -0.25) is 9.36 Å². The first-order valence-electron chi connectivity index (χ1n) is 12.2. The fraction of sp³-hybridized carbons (Fsp3) is 0.276. The van der Waals surface area contributed by atoms with Gasteiger partial charge in [0.2, 0.25) is 0 Å². The zero-order valence-electron chi connectivity index (χ0n) is 21.5. The maximum atomic E-state index is 14.3. The van der Waals surface area contributed by atoms with Gasteiger partial charge in [-0.15, -0.1) is 0 Å². The van der Waals surface area contributed by atoms with Crippen LogP contribution in [-0.2, 0) is 0 Å². The fourth-order valence-corrected chi connectivity index (χ4v) is 4.45. The number of hydrogen-bond acceptors (Lipinski definition) is 3. The molecule has 3 aromatic carbocycles. The number of aromatic nitrogens is 2. The average molecular weight is 505 g/mol. The minimum atomic E-state index is -0.874. The number of nitrogens with zero attached hydrogens (tertiary/aromatic N) is 3. The number of aryl methyl sites for hydroxylation is 2. The van der Waals surface area contributed by atoms with E-state index in [0.717, 1.165) is 17.2 Å². The summed E-state index contributed by atoms with van der Waals surface area (Å²) in [5.41, 5.74) is 2.76. The first-order valence-corrected chi connectivity index (χ1v) is 12.2. The van der Waals surface area contributed by atoms with Crippen LogP contribution in [0.1, 0.15) is 43.8 Å². The van der Waals surface area contributed by atoms with Gasteiger partial charge in [0.25, 0.3) is 5.56 Å². The number of carbonyl (C=O) groups excluding carboxylic acids is 1. The molecule has 1 N–H and O–H groups in total. The molecule has 6 nitrogen and oxygen atoms in total. The van der Waals surface area contributed by atoms with Gasteiger partial charge in [0.1, 0.15) is 17.5 Å². The SMILES string of the molecule is Cc1ccc(-n2c(C(C)N(CC(C)C)C(=O)Nc3ccc(F)cc3F)nc3ccccc3c2=O)c(C)c1. The molecule has 1 aromatic heterocycles. The summed E-state index contributed by atoms with van der Waals surface area (Å²) < 4.78 is 29.3. The van der Waals surface area contributed by atoms with Crippen LogP contribution in [0.3, 0.4) is 0 Å². The molecule has 2 amide bonds. The van der Waals surface area contributed by atoms with E-state index in [-0.39, 0.29) is 17.2 Å². The highest BCUT2D eigenvalue weighted by Gasteiger charge is 2.28. The largest absolute Gasteiger partial charge is 0.322 e. The molecule has 0 aliphatic heterocycles. The van der Waals surface area contributed by atoms with E-state index < -0.39 is 23.7 Å². The van der Waals surface area contributed by atoms with Crippen LogP contribution in [0.25, 0.3) is 16.6 Å². The number of benzene rings is 3. The molecule has 0 fully saturated rings. The lowest BCUT2D eigenvalue weighted by molar-refractivity contribution is 0.179. The summed E-state index contributed by atoms with van der Waals surface area (Å²) in [6.07, 6.45) is 0. The predicted molar refractivity (Wildman–Crippen MR) is 142 cm³/mol. The van der Waals surface area contributed by atoms with E-state index in [1.54, 1.807) is 35.8 Å². The van der Waals surface area contributed by atoms with Crippen molar-refractivity contribution in [2.24, 2.45) is 5.92 Å². The third-order valence-electron chi connectivity index (χ3n) is 6.23. The van der Waals surface area contributed by atoms with Crippen LogP contribution in [0.4, 0.5) is 19.3 Å². The van der Waals surface area contributed by atoms with Crippen LogP contribution in [-0.4, -0.2) is 27.0 Å². The lowest BCUT2D eigenvalue weighted by atomic mass is 10.1. The molecule has 1 atom stereocenters. The molecule has 0 aliphatic carbocycles. The van der Waals surface area contributed by atoms with Gasteiger partial charge in [-0.2, -0.15) is 0 Å². The highest BCUT2D eigenvalue weighted by atomic mass is 19.1. The topological polar surface area (TPSA) is 67.2 Å². The highest BCUT2D eigenvalue weighted by Crippen LogP contribution is 2.26. The number of nitrogens with one attached hydrogen (secondary N) is 1. The molecule has 0 saturated carbocycles. The monoisotopic (exact) mass is 504 g/mol. The Kier molecular flexibility index (Phi) is 7.38. The van der Waals surface area contributed by atoms with Gasteiger partial charge < -0.3 is 10.2 Å². The number of urea groups is 1. The van der Waals surface area contributed by atoms with Gasteiger partial charge in [0.15, 0.2) is 0 Å². The molecule has 8 heteroatoms. The molecule has 0 bridgehead atoms. The molecular formula is C29H30F2N4O2. The third kappa shape index (κ3) is 5.38. The zero-order chi connectivity index (χ0) is 26.9. The Morgan fingerprint density at radius 3 is 2.43 bits per heavy atom. The molecule has 4 aromatic rings. The molecule has 0 aliphatic rings. The summed E-state index contributed by atoms with van der Waals surface area (Å²) >= 11 is 0. The Bertz CT molecular complexity index is 1530. The first kappa shape index (κ1) is 26.0. The second kappa shape index (κ2) is 10.5. The number of rotatable bonds is 6. The minimum absolute atomic E-state index is 0.0630. The van der Waals surface area contributed by atoms with Crippen molar-refractivity contribution in [3.05, 3.63) is 99.6 Å². The summed E-state index contributed by atoms with van der Waals surface area (Å²) in [5, 5.41) is 3.02. The lowest BCUT2D eigenvalue weighted by Gasteiger charge is -2.32. The van der Waals surface area contributed by atoms with Crippen LogP contribution in [0.5, 0.6) is 0 Å². The van der Waals surface area contributed by atoms with Gasteiger partial charge in [-0.05, 0) is 62.6 Å². The normalized spacial score (nSPS) is 12.1. The quantitative estimate of drug-likeness (QED) is 0.325. The number of hydrogen-bond donors (Lipinski definition) is 1. The van der Waals surface area contributed by atoms with Crippen LogP contribution in [0.2, 0.25) is 0 Å². The second-order valence-electron chi connectivity index (χ2n) is 9.69. The molecule has 0 radical (unpaired) electrons. The molecule has 4 rings (SSSR count). The first-order chi connectivity index (χ1) is 17.6. The third-order valence-corrected chi connectivity index (χ3v) is 6.23. The van der Waals surface area contributed by atoms with E-state index in [4.69, 9.17) is 4.98 Å². The van der Waals surface area contributed by atoms with E-state index in [1.165, 1.54) is 11.0 Å². The van der Waals surface area contributed by atoms with Gasteiger partial charge in [0, 0.05) is 12.6 Å². The molecule has 0 spiro atoms. The molecule has 192 valence electrons. The van der Waals surface area contributed by atoms with Gasteiger partial charge in [0.05, 0.1) is 28.3 Å². The Morgan fingerprint density at radius 2 is 1.76 bits per heavy atom. The number of amides is 2. The molecule has 37 heavy (non-hydrogen) atoms. The van der Waals surface area contributed by atoms with Crippen molar-refractivity contribution in [2.75, 3.05) is 11.9 Å². The van der Waals surface area contributed by atoms with E-state index >= 15 is 0 Å². The summed E-state index contributed by atoms with van der Waals surface area (Å²) in [7, 11) is 0. The summed E-state index contributed by atoms with van der Waals surface area (Å²) in [5.74, 6) is -1.17. The standard InChI is InChI=1S/C29H30F2N4O2/c1-17(2)16-34(29(37)33-25-12-11-21(30)15-23(25)31)20(5)27-32-24-9-7-6-8-22(24)28(36)35(27)26-13-10-18(3)14-19(26)4/h6-15,17,20H,16H2,1-5H3,(H,33,37). The van der Waals surface area contributed by atoms with Crippen molar-refractivity contribution in [2.45, 2.75) is 40.7 Å². The van der Waals surface area contributed by atoms with Crippen LogP contribution >= 0.6 is 0 Å². The number of anilines is 1. The molecular weight excluding hydrogens is 474 g/mol. The number of halogens is 2. The van der Waals surface area contributed by atoms with Crippen LogP contribution in [0, 0.1) is 31.4 Å².